The van der Waals surface area contributed by atoms with Crippen molar-refractivity contribution < 1.29 is 9.13 Å². The van der Waals surface area contributed by atoms with E-state index in [1.165, 1.54) is 6.07 Å². The van der Waals surface area contributed by atoms with Gasteiger partial charge in [-0.05, 0) is 31.5 Å². The molecule has 0 heterocycles. The Morgan fingerprint density at radius 2 is 1.95 bits per heavy atom. The Morgan fingerprint density at radius 1 is 1.24 bits per heavy atom. The van der Waals surface area contributed by atoms with Crippen LogP contribution in [0.5, 0.6) is 0 Å². The van der Waals surface area contributed by atoms with Gasteiger partial charge in [0.05, 0.1) is 6.61 Å². The highest BCUT2D eigenvalue weighted by Gasteiger charge is 2.20. The summed E-state index contributed by atoms with van der Waals surface area (Å²) in [4.78, 5) is 2.29. The van der Waals surface area contributed by atoms with Gasteiger partial charge in [0, 0.05) is 37.5 Å². The lowest BCUT2D eigenvalue weighted by Gasteiger charge is -2.34. The molecule has 120 valence electrons. The van der Waals surface area contributed by atoms with E-state index in [0.29, 0.717) is 19.2 Å². The molecule has 1 aromatic rings. The van der Waals surface area contributed by atoms with Gasteiger partial charge < -0.3 is 15.0 Å². The van der Waals surface area contributed by atoms with E-state index in [4.69, 9.17) is 4.74 Å². The van der Waals surface area contributed by atoms with Crippen molar-refractivity contribution in [3.8, 4) is 0 Å². The van der Waals surface area contributed by atoms with E-state index in [1.807, 2.05) is 13.0 Å². The standard InChI is InChI=1S/C17H29FN2O/c1-5-14(6-2)20(11-12-21-4)17-10-8-9-16(18)15(17)13-19-7-3/h8-10,14,19H,5-7,11-13H2,1-4H3. The van der Waals surface area contributed by atoms with Crippen molar-refractivity contribution in [2.24, 2.45) is 0 Å². The minimum atomic E-state index is -0.137. The number of hydrogen-bond donors (Lipinski definition) is 1. The summed E-state index contributed by atoms with van der Waals surface area (Å²) in [5.41, 5.74) is 1.74. The van der Waals surface area contributed by atoms with E-state index in [-0.39, 0.29) is 5.82 Å². The average Bonchev–Trinajstić information content (AvgIpc) is 2.50. The molecule has 3 nitrogen and oxygen atoms in total. The monoisotopic (exact) mass is 296 g/mol. The van der Waals surface area contributed by atoms with Crippen LogP contribution < -0.4 is 10.2 Å². The maximum absolute atomic E-state index is 14.2. The third-order valence-electron chi connectivity index (χ3n) is 3.87. The van der Waals surface area contributed by atoms with Gasteiger partial charge >= 0.3 is 0 Å². The van der Waals surface area contributed by atoms with Crippen LogP contribution in [0, 0.1) is 5.82 Å². The molecule has 0 amide bonds. The van der Waals surface area contributed by atoms with Crippen LogP contribution in [0.15, 0.2) is 18.2 Å². The van der Waals surface area contributed by atoms with E-state index in [2.05, 4.69) is 24.1 Å². The van der Waals surface area contributed by atoms with Gasteiger partial charge in [-0.15, -0.1) is 0 Å². The van der Waals surface area contributed by atoms with Crippen molar-refractivity contribution in [2.75, 3.05) is 31.7 Å². The second-order valence-electron chi connectivity index (χ2n) is 5.17. The molecule has 0 aliphatic carbocycles. The van der Waals surface area contributed by atoms with Gasteiger partial charge in [-0.25, -0.2) is 4.39 Å². The largest absolute Gasteiger partial charge is 0.383 e. The Bertz CT molecular complexity index is 408. The molecule has 0 radical (unpaired) electrons. The zero-order chi connectivity index (χ0) is 15.7. The molecular weight excluding hydrogens is 267 g/mol. The summed E-state index contributed by atoms with van der Waals surface area (Å²) in [5, 5.41) is 3.23. The summed E-state index contributed by atoms with van der Waals surface area (Å²) in [6.45, 7) is 9.20. The molecule has 1 aromatic carbocycles. The predicted octanol–water partition coefficient (Wildman–Crippen LogP) is 3.58. The Kier molecular flexibility index (Phi) is 8.31. The molecule has 0 aliphatic heterocycles. The minimum absolute atomic E-state index is 0.137. The van der Waals surface area contributed by atoms with Gasteiger partial charge in [0.15, 0.2) is 0 Å². The molecule has 0 aromatic heterocycles. The molecule has 4 heteroatoms. The van der Waals surface area contributed by atoms with Crippen molar-refractivity contribution in [3.63, 3.8) is 0 Å². The van der Waals surface area contributed by atoms with Gasteiger partial charge in [-0.1, -0.05) is 26.8 Å². The number of anilines is 1. The first-order valence-corrected chi connectivity index (χ1v) is 7.93. The number of nitrogens with one attached hydrogen (secondary N) is 1. The van der Waals surface area contributed by atoms with E-state index >= 15 is 0 Å². The van der Waals surface area contributed by atoms with E-state index in [1.54, 1.807) is 13.2 Å². The Labute approximate surface area is 128 Å². The first-order chi connectivity index (χ1) is 10.2. The third kappa shape index (κ3) is 4.97. The minimum Gasteiger partial charge on any atom is -0.383 e. The molecule has 0 spiro atoms. The topological polar surface area (TPSA) is 24.5 Å². The molecule has 0 saturated heterocycles. The molecule has 0 unspecified atom stereocenters. The number of rotatable bonds is 10. The highest BCUT2D eigenvalue weighted by molar-refractivity contribution is 5.55. The number of halogens is 1. The molecule has 1 rings (SSSR count). The van der Waals surface area contributed by atoms with Crippen molar-refractivity contribution in [3.05, 3.63) is 29.6 Å². The zero-order valence-electron chi connectivity index (χ0n) is 13.8. The van der Waals surface area contributed by atoms with E-state index in [0.717, 1.165) is 37.2 Å². The first-order valence-electron chi connectivity index (χ1n) is 7.93. The molecule has 0 bridgehead atoms. The molecule has 0 saturated carbocycles. The van der Waals surface area contributed by atoms with Crippen molar-refractivity contribution in [1.82, 2.24) is 5.32 Å². The van der Waals surface area contributed by atoms with Crippen LogP contribution in [-0.2, 0) is 11.3 Å². The Balaban J connectivity index is 3.12. The second kappa shape index (κ2) is 9.74. The van der Waals surface area contributed by atoms with Gasteiger partial charge in [-0.3, -0.25) is 0 Å². The van der Waals surface area contributed by atoms with Crippen LogP contribution in [0.25, 0.3) is 0 Å². The normalized spacial score (nSPS) is 11.1. The summed E-state index contributed by atoms with van der Waals surface area (Å²) in [7, 11) is 1.70. The number of benzene rings is 1. The van der Waals surface area contributed by atoms with Crippen molar-refractivity contribution >= 4 is 5.69 Å². The molecule has 0 aliphatic rings. The molecule has 0 atom stereocenters. The van der Waals surface area contributed by atoms with Crippen LogP contribution >= 0.6 is 0 Å². The maximum Gasteiger partial charge on any atom is 0.129 e. The summed E-state index contributed by atoms with van der Waals surface area (Å²) < 4.78 is 19.5. The number of nitrogens with zero attached hydrogens (tertiary/aromatic N) is 1. The Morgan fingerprint density at radius 3 is 2.52 bits per heavy atom. The lowest BCUT2D eigenvalue weighted by atomic mass is 10.1. The summed E-state index contributed by atoms with van der Waals surface area (Å²) in [6, 6.07) is 5.76. The summed E-state index contributed by atoms with van der Waals surface area (Å²) in [6.07, 6.45) is 2.08. The third-order valence-corrected chi connectivity index (χ3v) is 3.87. The smallest absolute Gasteiger partial charge is 0.129 e. The van der Waals surface area contributed by atoms with Crippen LogP contribution in [0.4, 0.5) is 10.1 Å². The van der Waals surface area contributed by atoms with Gasteiger partial charge in [-0.2, -0.15) is 0 Å². The van der Waals surface area contributed by atoms with E-state index in [9.17, 15) is 4.39 Å². The van der Waals surface area contributed by atoms with Gasteiger partial charge in [0.2, 0.25) is 0 Å². The lowest BCUT2D eigenvalue weighted by molar-refractivity contribution is 0.202. The fourth-order valence-corrected chi connectivity index (χ4v) is 2.66. The average molecular weight is 296 g/mol. The van der Waals surface area contributed by atoms with Crippen LogP contribution in [-0.4, -0.2) is 32.8 Å². The number of methoxy groups -OCH3 is 1. The van der Waals surface area contributed by atoms with Crippen molar-refractivity contribution in [1.29, 1.82) is 0 Å². The Hall–Kier alpha value is -1.13. The van der Waals surface area contributed by atoms with Gasteiger partial charge in [0.1, 0.15) is 5.82 Å². The van der Waals surface area contributed by atoms with Crippen LogP contribution in [0.1, 0.15) is 39.2 Å². The summed E-state index contributed by atoms with van der Waals surface area (Å²) in [5.74, 6) is -0.137. The lowest BCUT2D eigenvalue weighted by Crippen LogP contribution is -2.38. The maximum atomic E-state index is 14.2. The molecular formula is C17H29FN2O. The van der Waals surface area contributed by atoms with Gasteiger partial charge in [0.25, 0.3) is 0 Å². The first kappa shape index (κ1) is 17.9. The number of ether oxygens (including phenoxy) is 1. The van der Waals surface area contributed by atoms with Crippen molar-refractivity contribution in [2.45, 2.75) is 46.2 Å². The van der Waals surface area contributed by atoms with Crippen LogP contribution in [0.2, 0.25) is 0 Å². The highest BCUT2D eigenvalue weighted by atomic mass is 19.1. The molecule has 0 fully saturated rings. The summed E-state index contributed by atoms with van der Waals surface area (Å²) >= 11 is 0. The SMILES string of the molecule is CCNCc1c(F)cccc1N(CCOC)C(CC)CC. The number of hydrogen-bond acceptors (Lipinski definition) is 3. The molecule has 21 heavy (non-hydrogen) atoms. The van der Waals surface area contributed by atoms with E-state index < -0.39 is 0 Å². The quantitative estimate of drug-likeness (QED) is 0.714. The zero-order valence-corrected chi connectivity index (χ0v) is 13.8. The fraction of sp³-hybridized carbons (Fsp3) is 0.647. The second-order valence-corrected chi connectivity index (χ2v) is 5.17. The molecule has 1 N–H and O–H groups in total. The fourth-order valence-electron chi connectivity index (χ4n) is 2.66. The highest BCUT2D eigenvalue weighted by Crippen LogP contribution is 2.27. The van der Waals surface area contributed by atoms with Crippen LogP contribution in [0.3, 0.4) is 0 Å². The predicted molar refractivity (Wildman–Crippen MR) is 87.4 cm³/mol.